The van der Waals surface area contributed by atoms with E-state index in [9.17, 15) is 13.2 Å². The van der Waals surface area contributed by atoms with Gasteiger partial charge in [0.25, 0.3) is 0 Å². The smallest absolute Gasteiger partial charge is 0.319 e. The molecule has 2 amide bonds. The molecule has 2 aliphatic rings. The molecule has 1 atom stereocenters. The van der Waals surface area contributed by atoms with Gasteiger partial charge in [-0.15, -0.1) is 11.3 Å². The molecular weight excluding hydrogens is 512 g/mol. The van der Waals surface area contributed by atoms with Crippen LogP contribution < -0.4 is 15.5 Å². The maximum absolute atomic E-state index is 13.1. The van der Waals surface area contributed by atoms with Gasteiger partial charge in [-0.1, -0.05) is 0 Å². The van der Waals surface area contributed by atoms with Gasteiger partial charge in [0.2, 0.25) is 14.2 Å². The highest BCUT2D eigenvalue weighted by Gasteiger charge is 2.25. The summed E-state index contributed by atoms with van der Waals surface area (Å²) in [5.41, 5.74) is 2.44. The van der Waals surface area contributed by atoms with Crippen molar-refractivity contribution < 1.29 is 17.9 Å². The standard InChI is InChI=1S/C25H30N6O4S2/c1-16-14-36-25(26-16)37(33,34)15-21-12-22(31-10-11-35-13-17(31)2)30-23(27-21)18-6-8-20(9-7-18)29-24(32)28-19-4-3-5-19/h6-9,12,14,17,19H,3-5,10-11,13,15H2,1-2H3,(H2,28,29,32)/t17-/m0/s1. The van der Waals surface area contributed by atoms with Crippen LogP contribution in [0.1, 0.15) is 37.6 Å². The van der Waals surface area contributed by atoms with Crippen LogP contribution >= 0.6 is 11.3 Å². The van der Waals surface area contributed by atoms with Crippen molar-refractivity contribution in [3.05, 3.63) is 47.1 Å². The molecule has 0 spiro atoms. The molecule has 1 saturated heterocycles. The normalized spacial score (nSPS) is 18.3. The molecule has 5 rings (SSSR count). The highest BCUT2D eigenvalue weighted by atomic mass is 32.2. The van der Waals surface area contributed by atoms with Crippen LogP contribution in [0, 0.1) is 6.92 Å². The molecule has 2 fully saturated rings. The molecule has 2 aromatic heterocycles. The molecular formula is C25H30N6O4S2. The van der Waals surface area contributed by atoms with E-state index in [0.29, 0.717) is 48.5 Å². The van der Waals surface area contributed by atoms with E-state index in [0.717, 1.165) is 36.2 Å². The number of morpholine rings is 1. The van der Waals surface area contributed by atoms with Crippen molar-refractivity contribution in [2.45, 2.75) is 55.3 Å². The third-order valence-corrected chi connectivity index (χ3v) is 9.57. The molecule has 0 radical (unpaired) electrons. The first-order valence-corrected chi connectivity index (χ1v) is 14.9. The Morgan fingerprint density at radius 3 is 2.62 bits per heavy atom. The molecule has 10 nitrogen and oxygen atoms in total. The Morgan fingerprint density at radius 2 is 1.97 bits per heavy atom. The predicted octanol–water partition coefficient (Wildman–Crippen LogP) is 3.78. The van der Waals surface area contributed by atoms with Crippen molar-refractivity contribution in [3.8, 4) is 11.4 Å². The third-order valence-electron chi connectivity index (χ3n) is 6.47. The molecule has 3 heterocycles. The van der Waals surface area contributed by atoms with Gasteiger partial charge in [-0.05, 0) is 57.4 Å². The molecule has 0 unspecified atom stereocenters. The van der Waals surface area contributed by atoms with Crippen molar-refractivity contribution in [2.75, 3.05) is 30.0 Å². The number of hydrogen-bond donors (Lipinski definition) is 2. The summed E-state index contributed by atoms with van der Waals surface area (Å²) in [6.45, 7) is 5.60. The Bertz CT molecular complexity index is 1370. The van der Waals surface area contributed by atoms with Gasteiger partial charge >= 0.3 is 6.03 Å². The first-order valence-electron chi connectivity index (χ1n) is 12.3. The van der Waals surface area contributed by atoms with Gasteiger partial charge < -0.3 is 20.3 Å². The lowest BCUT2D eigenvalue weighted by molar-refractivity contribution is 0.0985. The molecule has 196 valence electrons. The van der Waals surface area contributed by atoms with Gasteiger partial charge in [-0.2, -0.15) is 0 Å². The summed E-state index contributed by atoms with van der Waals surface area (Å²) >= 11 is 1.11. The van der Waals surface area contributed by atoms with Crippen molar-refractivity contribution in [2.24, 2.45) is 0 Å². The van der Waals surface area contributed by atoms with Gasteiger partial charge in [-0.3, -0.25) is 0 Å². The van der Waals surface area contributed by atoms with Crippen molar-refractivity contribution in [1.29, 1.82) is 0 Å². The SMILES string of the molecule is Cc1csc(S(=O)(=O)Cc2cc(N3CCOC[C@@H]3C)nc(-c3ccc(NC(=O)NC4CCC4)cc3)n2)n1. The minimum atomic E-state index is -3.66. The van der Waals surface area contributed by atoms with Crippen LogP contribution in [0.2, 0.25) is 0 Å². The fraction of sp³-hybridized carbons (Fsp3) is 0.440. The van der Waals surface area contributed by atoms with Crippen LogP contribution in [0.5, 0.6) is 0 Å². The number of sulfone groups is 1. The molecule has 37 heavy (non-hydrogen) atoms. The van der Waals surface area contributed by atoms with E-state index in [1.165, 1.54) is 0 Å². The second-order valence-electron chi connectivity index (χ2n) is 9.48. The van der Waals surface area contributed by atoms with Gasteiger partial charge in [0.15, 0.2) is 5.82 Å². The lowest BCUT2D eigenvalue weighted by atomic mass is 9.93. The molecule has 3 aromatic rings. The summed E-state index contributed by atoms with van der Waals surface area (Å²) in [6, 6.07) is 9.08. The summed E-state index contributed by atoms with van der Waals surface area (Å²) in [4.78, 5) is 27.9. The fourth-order valence-corrected chi connectivity index (χ4v) is 6.61. The second kappa shape index (κ2) is 10.7. The van der Waals surface area contributed by atoms with Crippen molar-refractivity contribution >= 4 is 38.7 Å². The van der Waals surface area contributed by atoms with E-state index in [-0.39, 0.29) is 28.2 Å². The van der Waals surface area contributed by atoms with Crippen molar-refractivity contribution in [3.63, 3.8) is 0 Å². The Hall–Kier alpha value is -3.09. The van der Waals surface area contributed by atoms with Crippen molar-refractivity contribution in [1.82, 2.24) is 20.3 Å². The predicted molar refractivity (Wildman–Crippen MR) is 143 cm³/mol. The Labute approximate surface area is 220 Å². The zero-order valence-electron chi connectivity index (χ0n) is 20.8. The number of rotatable bonds is 7. The molecule has 1 saturated carbocycles. The van der Waals surface area contributed by atoms with Crippen LogP contribution in [0.4, 0.5) is 16.3 Å². The van der Waals surface area contributed by atoms with Crippen LogP contribution in [0.3, 0.4) is 0 Å². The summed E-state index contributed by atoms with van der Waals surface area (Å²) in [5.74, 6) is 0.799. The number of amides is 2. The number of urea groups is 1. The molecule has 1 aliphatic heterocycles. The first-order chi connectivity index (χ1) is 17.8. The highest BCUT2D eigenvalue weighted by molar-refractivity contribution is 7.92. The lowest BCUT2D eigenvalue weighted by Gasteiger charge is -2.34. The van der Waals surface area contributed by atoms with Crippen LogP contribution in [-0.4, -0.2) is 61.2 Å². The van der Waals surface area contributed by atoms with Crippen LogP contribution in [0.15, 0.2) is 40.1 Å². The number of nitrogens with one attached hydrogen (secondary N) is 2. The quantitative estimate of drug-likeness (QED) is 0.462. The maximum Gasteiger partial charge on any atom is 0.319 e. The number of aryl methyl sites for hydroxylation is 1. The first kappa shape index (κ1) is 25.6. The monoisotopic (exact) mass is 542 g/mol. The lowest BCUT2D eigenvalue weighted by Crippen LogP contribution is -2.44. The van der Waals surface area contributed by atoms with E-state index >= 15 is 0 Å². The maximum atomic E-state index is 13.1. The number of carbonyl (C=O) groups is 1. The Balaban J connectivity index is 1.42. The number of benzene rings is 1. The number of thiazole rings is 1. The van der Waals surface area contributed by atoms with E-state index in [1.54, 1.807) is 30.5 Å². The Kier molecular flexibility index (Phi) is 7.40. The van der Waals surface area contributed by atoms with E-state index in [4.69, 9.17) is 9.72 Å². The highest BCUT2D eigenvalue weighted by Crippen LogP contribution is 2.27. The van der Waals surface area contributed by atoms with Gasteiger partial charge in [0.1, 0.15) is 5.82 Å². The summed E-state index contributed by atoms with van der Waals surface area (Å²) < 4.78 is 31.8. The number of hydrogen-bond acceptors (Lipinski definition) is 9. The second-order valence-corrected chi connectivity index (χ2v) is 12.5. The van der Waals surface area contributed by atoms with Crippen LogP contribution in [-0.2, 0) is 20.3 Å². The third kappa shape index (κ3) is 6.08. The summed E-state index contributed by atoms with van der Waals surface area (Å²) in [5, 5.41) is 7.53. The van der Waals surface area contributed by atoms with Crippen LogP contribution in [0.25, 0.3) is 11.4 Å². The van der Waals surface area contributed by atoms with E-state index in [2.05, 4.69) is 25.5 Å². The van der Waals surface area contributed by atoms with E-state index in [1.807, 2.05) is 19.1 Å². The number of ether oxygens (including phenoxy) is 1. The molecule has 1 aromatic carbocycles. The average molecular weight is 543 g/mol. The topological polar surface area (TPSA) is 126 Å². The van der Waals surface area contributed by atoms with Gasteiger partial charge in [0.05, 0.1) is 30.7 Å². The zero-order valence-corrected chi connectivity index (χ0v) is 22.4. The van der Waals surface area contributed by atoms with Gasteiger partial charge in [-0.25, -0.2) is 28.2 Å². The van der Waals surface area contributed by atoms with Gasteiger partial charge in [0, 0.05) is 41.0 Å². The average Bonchev–Trinajstić information content (AvgIpc) is 3.29. The molecule has 0 bridgehead atoms. The summed E-state index contributed by atoms with van der Waals surface area (Å²) in [7, 11) is -3.66. The number of aromatic nitrogens is 3. The number of nitrogens with zero attached hydrogens (tertiary/aromatic N) is 4. The molecule has 12 heteroatoms. The molecule has 2 N–H and O–H groups in total. The van der Waals surface area contributed by atoms with E-state index < -0.39 is 9.84 Å². The largest absolute Gasteiger partial charge is 0.377 e. The number of anilines is 2. The summed E-state index contributed by atoms with van der Waals surface area (Å²) in [6.07, 6.45) is 3.18. The minimum absolute atomic E-state index is 0.0852. The zero-order chi connectivity index (χ0) is 26.0. The molecule has 1 aliphatic carbocycles. The Morgan fingerprint density at radius 1 is 1.19 bits per heavy atom. The fourth-order valence-electron chi connectivity index (χ4n) is 4.24. The number of carbonyl (C=O) groups excluding carboxylic acids is 1. The minimum Gasteiger partial charge on any atom is -0.377 e.